The Morgan fingerprint density at radius 3 is 2.73 bits per heavy atom. The number of rotatable bonds is 6. The normalized spacial score (nSPS) is 23.5. The van der Waals surface area contributed by atoms with Crippen molar-refractivity contribution in [3.05, 3.63) is 46.5 Å². The van der Waals surface area contributed by atoms with E-state index in [1.54, 1.807) is 31.4 Å². The van der Waals surface area contributed by atoms with Crippen molar-refractivity contribution < 1.29 is 18.0 Å². The van der Waals surface area contributed by atoms with Gasteiger partial charge in [-0.15, -0.1) is 0 Å². The molecule has 3 N–H and O–H groups in total. The highest BCUT2D eigenvalue weighted by atomic mass is 19.3. The van der Waals surface area contributed by atoms with Gasteiger partial charge in [-0.1, -0.05) is 0 Å². The Kier molecular flexibility index (Phi) is 5.02. The number of nitrogens with one attached hydrogen (secondary N) is 3. The minimum absolute atomic E-state index is 0.0341. The minimum atomic E-state index is -2.93. The standard InChI is InChI=1S/C21H22F3N7O2/c1-25-17-9-16(27-14-3-2-6-30(20(14)33)12-7-11(22)8-12)29-18-13(10-26-31(17)18)19(32)28-15-4-5-21(15,23)24/h2-3,6,9-12,15,25H,4-5,7-8H2,1H3,(H,27,29)(H,28,32)/t11-,12-,15-/m1/s1. The third-order valence-corrected chi connectivity index (χ3v) is 6.24. The van der Waals surface area contributed by atoms with E-state index in [1.165, 1.54) is 15.3 Å². The molecule has 3 aromatic rings. The summed E-state index contributed by atoms with van der Waals surface area (Å²) in [6.45, 7) is 0. The summed E-state index contributed by atoms with van der Waals surface area (Å²) in [5.74, 6) is -2.91. The average Bonchev–Trinajstić information content (AvgIpc) is 3.19. The molecule has 2 aliphatic carbocycles. The molecule has 1 amide bonds. The monoisotopic (exact) mass is 461 g/mol. The smallest absolute Gasteiger partial charge is 0.274 e. The van der Waals surface area contributed by atoms with Gasteiger partial charge in [0.25, 0.3) is 17.4 Å². The van der Waals surface area contributed by atoms with E-state index in [9.17, 15) is 22.8 Å². The van der Waals surface area contributed by atoms with Crippen LogP contribution in [0.25, 0.3) is 5.65 Å². The Labute approximate surface area is 186 Å². The fourth-order valence-electron chi connectivity index (χ4n) is 4.07. The summed E-state index contributed by atoms with van der Waals surface area (Å²) in [4.78, 5) is 29.9. The van der Waals surface area contributed by atoms with Crippen molar-refractivity contribution in [2.75, 3.05) is 17.7 Å². The van der Waals surface area contributed by atoms with Gasteiger partial charge in [-0.3, -0.25) is 9.59 Å². The van der Waals surface area contributed by atoms with Crippen LogP contribution in [-0.4, -0.2) is 50.3 Å². The highest BCUT2D eigenvalue weighted by Crippen LogP contribution is 2.38. The van der Waals surface area contributed by atoms with Crippen molar-refractivity contribution in [3.8, 4) is 0 Å². The second-order valence-corrected chi connectivity index (χ2v) is 8.38. The molecule has 9 nitrogen and oxygen atoms in total. The van der Waals surface area contributed by atoms with Gasteiger partial charge >= 0.3 is 0 Å². The van der Waals surface area contributed by atoms with Gasteiger partial charge < -0.3 is 20.5 Å². The van der Waals surface area contributed by atoms with Crippen LogP contribution in [0.15, 0.2) is 35.4 Å². The maximum atomic E-state index is 13.6. The van der Waals surface area contributed by atoms with Gasteiger partial charge in [0.05, 0.1) is 12.2 Å². The topological polar surface area (TPSA) is 105 Å². The molecule has 0 saturated heterocycles. The molecule has 3 aromatic heterocycles. The van der Waals surface area contributed by atoms with E-state index in [1.807, 2.05) is 0 Å². The fraction of sp³-hybridized carbons (Fsp3) is 0.429. The summed E-state index contributed by atoms with van der Waals surface area (Å²) >= 11 is 0. The lowest BCUT2D eigenvalue weighted by molar-refractivity contribution is -0.102. The third-order valence-electron chi connectivity index (χ3n) is 6.24. The number of aromatic nitrogens is 4. The second-order valence-electron chi connectivity index (χ2n) is 8.38. The minimum Gasteiger partial charge on any atom is -0.373 e. The molecule has 0 spiro atoms. The molecule has 33 heavy (non-hydrogen) atoms. The van der Waals surface area contributed by atoms with Gasteiger partial charge in [-0.2, -0.15) is 9.61 Å². The lowest BCUT2D eigenvalue weighted by Gasteiger charge is -2.36. The summed E-state index contributed by atoms with van der Waals surface area (Å²) in [5, 5.41) is 12.4. The van der Waals surface area contributed by atoms with Crippen molar-refractivity contribution in [2.45, 2.75) is 49.9 Å². The number of carbonyl (C=O) groups is 1. The number of fused-ring (bicyclic) bond motifs is 1. The average molecular weight is 461 g/mol. The number of hydrogen-bond donors (Lipinski definition) is 3. The molecule has 0 aromatic carbocycles. The first-order valence-corrected chi connectivity index (χ1v) is 10.6. The molecule has 0 aliphatic heterocycles. The number of hydrogen-bond acceptors (Lipinski definition) is 6. The van der Waals surface area contributed by atoms with Crippen LogP contribution in [-0.2, 0) is 0 Å². The van der Waals surface area contributed by atoms with Crippen LogP contribution < -0.4 is 21.5 Å². The fourth-order valence-corrected chi connectivity index (χ4v) is 4.07. The third kappa shape index (κ3) is 3.68. The molecule has 0 radical (unpaired) electrons. The number of alkyl halides is 3. The van der Waals surface area contributed by atoms with Crippen molar-refractivity contribution in [1.29, 1.82) is 0 Å². The van der Waals surface area contributed by atoms with Crippen LogP contribution >= 0.6 is 0 Å². The first-order chi connectivity index (χ1) is 15.8. The summed E-state index contributed by atoms with van der Waals surface area (Å²) < 4.78 is 43.3. The Bertz CT molecular complexity index is 1280. The first kappa shape index (κ1) is 21.3. The van der Waals surface area contributed by atoms with Gasteiger partial charge in [0.15, 0.2) is 5.65 Å². The van der Waals surface area contributed by atoms with E-state index >= 15 is 0 Å². The number of anilines is 3. The number of pyridine rings is 1. The van der Waals surface area contributed by atoms with Crippen molar-refractivity contribution in [3.63, 3.8) is 0 Å². The Morgan fingerprint density at radius 1 is 1.30 bits per heavy atom. The summed E-state index contributed by atoms with van der Waals surface area (Å²) in [6, 6.07) is 3.46. The first-order valence-electron chi connectivity index (χ1n) is 10.6. The summed E-state index contributed by atoms with van der Waals surface area (Å²) in [7, 11) is 1.65. The van der Waals surface area contributed by atoms with Crippen LogP contribution in [0, 0.1) is 0 Å². The maximum Gasteiger partial charge on any atom is 0.274 e. The zero-order valence-corrected chi connectivity index (χ0v) is 17.7. The van der Waals surface area contributed by atoms with Gasteiger partial charge in [0.2, 0.25) is 0 Å². The Morgan fingerprint density at radius 2 is 2.09 bits per heavy atom. The van der Waals surface area contributed by atoms with Crippen LogP contribution in [0.4, 0.5) is 30.5 Å². The molecule has 2 aliphatic rings. The quantitative estimate of drug-likeness (QED) is 0.522. The van der Waals surface area contributed by atoms with Crippen molar-refractivity contribution in [1.82, 2.24) is 24.5 Å². The molecule has 0 bridgehead atoms. The SMILES string of the molecule is CNc1cc(Nc2cccn([C@H]3C[C@H](F)C3)c2=O)nc2c(C(=O)N[C@@H]3CCC3(F)F)cnn12. The molecular weight excluding hydrogens is 439 g/mol. The highest BCUT2D eigenvalue weighted by molar-refractivity contribution is 6.00. The second kappa shape index (κ2) is 7.78. The van der Waals surface area contributed by atoms with Gasteiger partial charge in [0.1, 0.15) is 29.1 Å². The summed E-state index contributed by atoms with van der Waals surface area (Å²) in [6.07, 6.45) is 2.52. The number of nitrogens with zero attached hydrogens (tertiary/aromatic N) is 4. The predicted octanol–water partition coefficient (Wildman–Crippen LogP) is 2.88. The lowest BCUT2D eigenvalue weighted by atomic mass is 9.88. The van der Waals surface area contributed by atoms with Gasteiger partial charge in [0, 0.05) is 31.8 Å². The molecule has 174 valence electrons. The number of halogens is 3. The van der Waals surface area contributed by atoms with E-state index in [4.69, 9.17) is 0 Å². The molecule has 2 saturated carbocycles. The number of amides is 1. The maximum absolute atomic E-state index is 13.6. The Hall–Kier alpha value is -3.57. The molecular formula is C21H22F3N7O2. The van der Waals surface area contributed by atoms with E-state index in [0.717, 1.165) is 0 Å². The molecule has 12 heteroatoms. The van der Waals surface area contributed by atoms with E-state index in [2.05, 4.69) is 26.0 Å². The van der Waals surface area contributed by atoms with Crippen molar-refractivity contribution in [2.24, 2.45) is 0 Å². The van der Waals surface area contributed by atoms with E-state index < -0.39 is 24.0 Å². The largest absolute Gasteiger partial charge is 0.373 e. The van der Waals surface area contributed by atoms with Gasteiger partial charge in [-0.05, 0) is 31.4 Å². The van der Waals surface area contributed by atoms with Crippen LogP contribution in [0.5, 0.6) is 0 Å². The molecule has 2 fully saturated rings. The van der Waals surface area contributed by atoms with Crippen LogP contribution in [0.3, 0.4) is 0 Å². The van der Waals surface area contributed by atoms with E-state index in [-0.39, 0.29) is 47.2 Å². The van der Waals surface area contributed by atoms with Crippen LogP contribution in [0.2, 0.25) is 0 Å². The van der Waals surface area contributed by atoms with E-state index in [0.29, 0.717) is 18.7 Å². The van der Waals surface area contributed by atoms with Crippen molar-refractivity contribution >= 4 is 28.9 Å². The molecule has 5 rings (SSSR count). The molecule has 0 unspecified atom stereocenters. The zero-order valence-electron chi connectivity index (χ0n) is 17.7. The van der Waals surface area contributed by atoms with Crippen LogP contribution in [0.1, 0.15) is 42.1 Å². The van der Waals surface area contributed by atoms with Gasteiger partial charge in [-0.25, -0.2) is 18.2 Å². The number of carbonyl (C=O) groups excluding carboxylic acids is 1. The predicted molar refractivity (Wildman–Crippen MR) is 115 cm³/mol. The highest BCUT2D eigenvalue weighted by Gasteiger charge is 2.49. The summed E-state index contributed by atoms with van der Waals surface area (Å²) in [5.41, 5.74) is 0.0888. The molecule has 3 heterocycles. The Balaban J connectivity index is 1.46. The molecule has 1 atom stereocenters. The zero-order chi connectivity index (χ0) is 23.3. The lowest BCUT2D eigenvalue weighted by Crippen LogP contribution is -2.55.